The van der Waals surface area contributed by atoms with Gasteiger partial charge >= 0.3 is 0 Å². The summed E-state index contributed by atoms with van der Waals surface area (Å²) in [5.41, 5.74) is 7.53. The Morgan fingerprint density at radius 2 is 2.33 bits per heavy atom. The standard InChI is InChI=1S/C10H11ClN4/c11-8-3-1-2-7(4-8)5-13-9-6-14-15-10(9)12/h1-4,6,13H,5H2,(H3,12,14,15). The predicted octanol–water partition coefficient (Wildman–Crippen LogP) is 2.26. The maximum atomic E-state index is 5.87. The van der Waals surface area contributed by atoms with Crippen molar-refractivity contribution < 1.29 is 0 Å². The van der Waals surface area contributed by atoms with E-state index in [0.29, 0.717) is 12.4 Å². The molecule has 0 unspecified atom stereocenters. The number of nitrogens with zero attached hydrogens (tertiary/aromatic N) is 1. The molecule has 0 fully saturated rings. The molecule has 0 aliphatic carbocycles. The first-order valence-electron chi connectivity index (χ1n) is 4.53. The van der Waals surface area contributed by atoms with Crippen LogP contribution in [0.2, 0.25) is 5.02 Å². The highest BCUT2D eigenvalue weighted by Crippen LogP contribution is 2.16. The number of nitrogens with one attached hydrogen (secondary N) is 2. The molecule has 78 valence electrons. The second kappa shape index (κ2) is 4.23. The van der Waals surface area contributed by atoms with E-state index >= 15 is 0 Å². The molecule has 1 aromatic carbocycles. The topological polar surface area (TPSA) is 66.7 Å². The average Bonchev–Trinajstić information content (AvgIpc) is 2.61. The molecule has 0 atom stereocenters. The highest BCUT2D eigenvalue weighted by Gasteiger charge is 2.00. The van der Waals surface area contributed by atoms with Gasteiger partial charge in [-0.2, -0.15) is 5.10 Å². The molecule has 0 aliphatic rings. The van der Waals surface area contributed by atoms with E-state index < -0.39 is 0 Å². The number of aromatic nitrogens is 2. The van der Waals surface area contributed by atoms with Crippen LogP contribution in [0, 0.1) is 0 Å². The second-order valence-corrected chi connectivity index (χ2v) is 3.62. The third-order valence-corrected chi connectivity index (χ3v) is 2.28. The highest BCUT2D eigenvalue weighted by atomic mass is 35.5. The van der Waals surface area contributed by atoms with Crippen molar-refractivity contribution in [3.05, 3.63) is 41.0 Å². The number of benzene rings is 1. The number of aromatic amines is 1. The van der Waals surface area contributed by atoms with Gasteiger partial charge in [0.05, 0.1) is 11.9 Å². The molecular weight excluding hydrogens is 212 g/mol. The number of halogens is 1. The number of H-pyrrole nitrogens is 1. The largest absolute Gasteiger partial charge is 0.382 e. The summed E-state index contributed by atoms with van der Waals surface area (Å²) in [6.07, 6.45) is 1.65. The molecule has 0 aliphatic heterocycles. The van der Waals surface area contributed by atoms with Crippen LogP contribution >= 0.6 is 11.6 Å². The lowest BCUT2D eigenvalue weighted by Gasteiger charge is -2.04. The average molecular weight is 223 g/mol. The Kier molecular flexibility index (Phi) is 2.78. The molecule has 0 saturated carbocycles. The third kappa shape index (κ3) is 2.41. The molecule has 5 heteroatoms. The van der Waals surface area contributed by atoms with Gasteiger partial charge in [-0.25, -0.2) is 0 Å². The van der Waals surface area contributed by atoms with Crippen molar-refractivity contribution in [1.82, 2.24) is 10.2 Å². The molecule has 0 amide bonds. The van der Waals surface area contributed by atoms with Crippen LogP contribution in [-0.2, 0) is 6.54 Å². The van der Waals surface area contributed by atoms with Gasteiger partial charge in [0.2, 0.25) is 0 Å². The van der Waals surface area contributed by atoms with Crippen molar-refractivity contribution in [2.45, 2.75) is 6.54 Å². The Labute approximate surface area is 92.4 Å². The smallest absolute Gasteiger partial charge is 0.142 e. The zero-order valence-corrected chi connectivity index (χ0v) is 8.75. The van der Waals surface area contributed by atoms with E-state index in [2.05, 4.69) is 15.5 Å². The van der Waals surface area contributed by atoms with E-state index in [0.717, 1.165) is 16.3 Å². The number of rotatable bonds is 3. The quantitative estimate of drug-likeness (QED) is 0.746. The van der Waals surface area contributed by atoms with Crippen molar-refractivity contribution in [3.63, 3.8) is 0 Å². The number of anilines is 2. The number of nitrogen functional groups attached to an aromatic ring is 1. The lowest BCUT2D eigenvalue weighted by molar-refractivity contribution is 1.10. The Morgan fingerprint density at radius 1 is 1.47 bits per heavy atom. The Bertz CT molecular complexity index is 452. The molecule has 1 heterocycles. The number of hydrogen-bond donors (Lipinski definition) is 3. The van der Waals surface area contributed by atoms with Gasteiger partial charge in [-0.15, -0.1) is 0 Å². The van der Waals surface area contributed by atoms with Crippen molar-refractivity contribution >= 4 is 23.1 Å². The van der Waals surface area contributed by atoms with Crippen LogP contribution < -0.4 is 11.1 Å². The van der Waals surface area contributed by atoms with Gasteiger partial charge in [0.25, 0.3) is 0 Å². The van der Waals surface area contributed by atoms with Crippen LogP contribution in [0.4, 0.5) is 11.5 Å². The minimum atomic E-state index is 0.539. The first-order valence-corrected chi connectivity index (χ1v) is 4.90. The van der Waals surface area contributed by atoms with Crippen molar-refractivity contribution in [3.8, 4) is 0 Å². The summed E-state index contributed by atoms with van der Waals surface area (Å²) in [5.74, 6) is 0.539. The number of nitrogens with two attached hydrogens (primary N) is 1. The van der Waals surface area contributed by atoms with Gasteiger partial charge in [0.1, 0.15) is 5.82 Å². The van der Waals surface area contributed by atoms with Crippen LogP contribution in [0.1, 0.15) is 5.56 Å². The van der Waals surface area contributed by atoms with Crippen molar-refractivity contribution in [1.29, 1.82) is 0 Å². The second-order valence-electron chi connectivity index (χ2n) is 3.18. The van der Waals surface area contributed by atoms with Gasteiger partial charge in [-0.3, -0.25) is 5.10 Å². The van der Waals surface area contributed by atoms with Crippen LogP contribution in [0.15, 0.2) is 30.5 Å². The van der Waals surface area contributed by atoms with Gasteiger partial charge < -0.3 is 11.1 Å². The monoisotopic (exact) mass is 222 g/mol. The minimum absolute atomic E-state index is 0.539. The van der Waals surface area contributed by atoms with E-state index in [1.807, 2.05) is 24.3 Å². The SMILES string of the molecule is Nc1[nH]ncc1NCc1cccc(Cl)c1. The summed E-state index contributed by atoms with van der Waals surface area (Å²) in [4.78, 5) is 0. The lowest BCUT2D eigenvalue weighted by Crippen LogP contribution is -2.00. The molecule has 0 radical (unpaired) electrons. The molecular formula is C10H11ClN4. The van der Waals surface area contributed by atoms with E-state index in [4.69, 9.17) is 17.3 Å². The molecule has 4 N–H and O–H groups in total. The molecule has 0 spiro atoms. The zero-order chi connectivity index (χ0) is 10.7. The Balaban J connectivity index is 2.02. The normalized spacial score (nSPS) is 10.2. The first-order chi connectivity index (χ1) is 7.25. The van der Waals surface area contributed by atoms with E-state index in [1.54, 1.807) is 6.20 Å². The van der Waals surface area contributed by atoms with Crippen LogP contribution in [0.5, 0.6) is 0 Å². The van der Waals surface area contributed by atoms with Gasteiger partial charge in [0, 0.05) is 11.6 Å². The Morgan fingerprint density at radius 3 is 3.00 bits per heavy atom. The maximum absolute atomic E-state index is 5.87. The summed E-state index contributed by atoms with van der Waals surface area (Å²) in [6, 6.07) is 7.66. The summed E-state index contributed by atoms with van der Waals surface area (Å²) in [7, 11) is 0. The third-order valence-electron chi connectivity index (χ3n) is 2.04. The van der Waals surface area contributed by atoms with Crippen molar-refractivity contribution in [2.75, 3.05) is 11.1 Å². The van der Waals surface area contributed by atoms with Gasteiger partial charge in [0.15, 0.2) is 0 Å². The molecule has 1 aromatic heterocycles. The summed E-state index contributed by atoms with van der Waals surface area (Å²) in [6.45, 7) is 0.671. The van der Waals surface area contributed by atoms with Gasteiger partial charge in [-0.1, -0.05) is 23.7 Å². The first kappa shape index (κ1) is 9.86. The van der Waals surface area contributed by atoms with E-state index in [1.165, 1.54) is 0 Å². The minimum Gasteiger partial charge on any atom is -0.382 e. The van der Waals surface area contributed by atoms with Crippen LogP contribution in [-0.4, -0.2) is 10.2 Å². The van der Waals surface area contributed by atoms with Crippen LogP contribution in [0.3, 0.4) is 0 Å². The van der Waals surface area contributed by atoms with Gasteiger partial charge in [-0.05, 0) is 17.7 Å². The molecule has 2 rings (SSSR count). The maximum Gasteiger partial charge on any atom is 0.142 e. The summed E-state index contributed by atoms with van der Waals surface area (Å²) < 4.78 is 0. The fourth-order valence-electron chi connectivity index (χ4n) is 1.28. The Hall–Kier alpha value is -1.68. The van der Waals surface area contributed by atoms with E-state index in [-0.39, 0.29) is 0 Å². The van der Waals surface area contributed by atoms with E-state index in [9.17, 15) is 0 Å². The summed E-state index contributed by atoms with van der Waals surface area (Å²) in [5, 5.41) is 10.4. The fraction of sp³-hybridized carbons (Fsp3) is 0.100. The number of hydrogen-bond acceptors (Lipinski definition) is 3. The summed E-state index contributed by atoms with van der Waals surface area (Å²) >= 11 is 5.87. The van der Waals surface area contributed by atoms with Crippen LogP contribution in [0.25, 0.3) is 0 Å². The molecule has 0 bridgehead atoms. The highest BCUT2D eigenvalue weighted by molar-refractivity contribution is 6.30. The van der Waals surface area contributed by atoms with Crippen molar-refractivity contribution in [2.24, 2.45) is 0 Å². The fourth-order valence-corrected chi connectivity index (χ4v) is 1.49. The zero-order valence-electron chi connectivity index (χ0n) is 8.00. The molecule has 2 aromatic rings. The lowest BCUT2D eigenvalue weighted by atomic mass is 10.2. The molecule has 0 saturated heterocycles. The molecule has 4 nitrogen and oxygen atoms in total. The molecule has 15 heavy (non-hydrogen) atoms. The predicted molar refractivity (Wildman–Crippen MR) is 61.8 cm³/mol.